The zero-order chi connectivity index (χ0) is 28.7. The van der Waals surface area contributed by atoms with Crippen LogP contribution in [0, 0.1) is 11.8 Å². The SMILES string of the molecule is CC(=O)N1CCN([C@H]2C(=O)C(C(N)=O)=C(O)[C@@]3(O)C(=O)C4=C(O)c5c(O)ccc(C6CCC6)c5CC4CC23)CC1. The summed E-state index contributed by atoms with van der Waals surface area (Å²) in [4.78, 5) is 55.4. The van der Waals surface area contributed by atoms with Gasteiger partial charge in [0.15, 0.2) is 11.4 Å². The van der Waals surface area contributed by atoms with E-state index in [-0.39, 0.29) is 48.2 Å². The van der Waals surface area contributed by atoms with Crippen molar-refractivity contribution >= 4 is 29.1 Å². The summed E-state index contributed by atoms with van der Waals surface area (Å²) in [5, 5.41) is 45.2. The molecule has 2 unspecified atom stereocenters. The van der Waals surface area contributed by atoms with Crippen LogP contribution < -0.4 is 5.73 Å². The van der Waals surface area contributed by atoms with E-state index in [4.69, 9.17) is 5.73 Å². The van der Waals surface area contributed by atoms with Gasteiger partial charge >= 0.3 is 0 Å². The summed E-state index contributed by atoms with van der Waals surface area (Å²) in [5.74, 6) is -6.37. The largest absolute Gasteiger partial charge is 0.508 e. The number of aromatic hydroxyl groups is 1. The van der Waals surface area contributed by atoms with Crippen LogP contribution in [0.25, 0.3) is 5.76 Å². The highest BCUT2D eigenvalue weighted by Gasteiger charge is 2.64. The van der Waals surface area contributed by atoms with Crippen LogP contribution in [0.15, 0.2) is 29.0 Å². The second kappa shape index (κ2) is 9.17. The molecule has 5 aliphatic rings. The van der Waals surface area contributed by atoms with Gasteiger partial charge in [-0.05, 0) is 54.7 Å². The summed E-state index contributed by atoms with van der Waals surface area (Å²) >= 11 is 0. The third kappa shape index (κ3) is 3.56. The number of piperazine rings is 1. The van der Waals surface area contributed by atoms with Crippen LogP contribution in [0.5, 0.6) is 5.75 Å². The Morgan fingerprint density at radius 3 is 2.27 bits per heavy atom. The topological polar surface area (TPSA) is 182 Å². The molecular weight excluding hydrogens is 518 g/mol. The number of carbonyl (C=O) groups is 4. The van der Waals surface area contributed by atoms with E-state index in [0.29, 0.717) is 19.5 Å². The molecule has 2 saturated carbocycles. The maximum atomic E-state index is 14.1. The van der Waals surface area contributed by atoms with Crippen molar-refractivity contribution in [3.63, 3.8) is 0 Å². The first-order chi connectivity index (χ1) is 19.0. The number of hydrogen-bond acceptors (Lipinski definition) is 9. The first-order valence-electron chi connectivity index (χ1n) is 13.8. The molecule has 11 nitrogen and oxygen atoms in total. The molecule has 1 aromatic rings. The first kappa shape index (κ1) is 26.5. The number of ketones is 2. The predicted octanol–water partition coefficient (Wildman–Crippen LogP) is 0.834. The summed E-state index contributed by atoms with van der Waals surface area (Å²) in [5.41, 5.74) is 3.71. The quantitative estimate of drug-likeness (QED) is 0.340. The number of phenols is 1. The van der Waals surface area contributed by atoms with Gasteiger partial charge in [-0.3, -0.25) is 24.1 Å². The Balaban J connectivity index is 1.48. The van der Waals surface area contributed by atoms with Crippen LogP contribution in [-0.4, -0.2) is 91.4 Å². The Kier molecular flexibility index (Phi) is 6.08. The highest BCUT2D eigenvalue weighted by atomic mass is 16.3. The molecule has 0 radical (unpaired) electrons. The van der Waals surface area contributed by atoms with Crippen molar-refractivity contribution in [2.24, 2.45) is 17.6 Å². The van der Waals surface area contributed by atoms with Crippen LogP contribution in [0.3, 0.4) is 0 Å². The lowest BCUT2D eigenvalue weighted by Gasteiger charge is -2.52. The van der Waals surface area contributed by atoms with Gasteiger partial charge in [-0.2, -0.15) is 0 Å². The van der Waals surface area contributed by atoms with E-state index in [2.05, 4.69) is 0 Å². The van der Waals surface area contributed by atoms with E-state index < -0.39 is 58.0 Å². The van der Waals surface area contributed by atoms with Gasteiger partial charge < -0.3 is 31.1 Å². The Hall–Kier alpha value is -3.70. The number of carbonyl (C=O) groups excluding carboxylic acids is 4. The molecule has 1 heterocycles. The van der Waals surface area contributed by atoms with Crippen LogP contribution in [0.1, 0.15) is 55.2 Å². The molecule has 0 spiro atoms. The van der Waals surface area contributed by atoms with Crippen molar-refractivity contribution in [2.45, 2.75) is 56.6 Å². The average molecular weight is 552 g/mol. The Labute approximate surface area is 230 Å². The summed E-state index contributed by atoms with van der Waals surface area (Å²) in [6.07, 6.45) is 3.41. The van der Waals surface area contributed by atoms with Gasteiger partial charge in [-0.1, -0.05) is 12.5 Å². The summed E-state index contributed by atoms with van der Waals surface area (Å²) in [6, 6.07) is 2.20. The molecule has 4 atom stereocenters. The predicted molar refractivity (Wildman–Crippen MR) is 141 cm³/mol. The van der Waals surface area contributed by atoms with Gasteiger partial charge in [-0.15, -0.1) is 0 Å². The molecule has 0 aromatic heterocycles. The molecular formula is C29H33N3O8. The fourth-order valence-electron chi connectivity index (χ4n) is 7.51. The molecule has 3 fully saturated rings. The fourth-order valence-corrected chi connectivity index (χ4v) is 7.51. The van der Waals surface area contributed by atoms with Crippen molar-refractivity contribution in [3.05, 3.63) is 45.7 Å². The average Bonchev–Trinajstić information content (AvgIpc) is 2.87. The number of hydrogen-bond donors (Lipinski definition) is 5. The Morgan fingerprint density at radius 1 is 1.02 bits per heavy atom. The monoisotopic (exact) mass is 551 g/mol. The Morgan fingerprint density at radius 2 is 1.70 bits per heavy atom. The lowest BCUT2D eigenvalue weighted by molar-refractivity contribution is -0.156. The minimum Gasteiger partial charge on any atom is -0.508 e. The van der Waals surface area contributed by atoms with E-state index in [1.807, 2.05) is 6.07 Å². The third-order valence-corrected chi connectivity index (χ3v) is 9.78. The van der Waals surface area contributed by atoms with E-state index >= 15 is 0 Å². The number of nitrogens with zero attached hydrogens (tertiary/aromatic N) is 2. The number of amides is 2. The molecule has 11 heteroatoms. The molecule has 212 valence electrons. The first-order valence-corrected chi connectivity index (χ1v) is 13.8. The molecule has 6 rings (SSSR count). The zero-order valence-electron chi connectivity index (χ0n) is 22.2. The van der Waals surface area contributed by atoms with Gasteiger partial charge in [0.1, 0.15) is 22.8 Å². The van der Waals surface area contributed by atoms with E-state index in [1.54, 1.807) is 9.80 Å². The number of fused-ring (bicyclic) bond motifs is 3. The number of aliphatic hydroxyl groups excluding tert-OH is 2. The van der Waals surface area contributed by atoms with Gasteiger partial charge in [-0.25, -0.2) is 0 Å². The smallest absolute Gasteiger partial charge is 0.255 e. The minimum atomic E-state index is -2.68. The maximum absolute atomic E-state index is 14.1. The van der Waals surface area contributed by atoms with Gasteiger partial charge in [0, 0.05) is 44.6 Å². The maximum Gasteiger partial charge on any atom is 0.255 e. The highest BCUT2D eigenvalue weighted by Crippen LogP contribution is 2.54. The standard InChI is InChI=1S/C29H33N3O8/c1-13(33)31-7-9-32(10-8-31)23-18-12-15-11-17-16(14-3-2-4-14)5-6-19(34)21(17)24(35)20(15)26(37)29(18,40)27(38)22(25(23)36)28(30)39/h5-6,14-15,18,23,34-35,38,40H,2-4,7-12H2,1H3,(H2,30,39)/t15?,18?,23-,29+/m1/s1. The second-order valence-corrected chi connectivity index (χ2v) is 11.7. The number of aliphatic hydroxyl groups is 3. The molecule has 40 heavy (non-hydrogen) atoms. The summed E-state index contributed by atoms with van der Waals surface area (Å²) in [7, 11) is 0. The third-order valence-electron chi connectivity index (χ3n) is 9.78. The zero-order valence-corrected chi connectivity index (χ0v) is 22.2. The molecule has 1 saturated heterocycles. The van der Waals surface area contributed by atoms with E-state index in [9.17, 15) is 39.6 Å². The molecule has 2 amide bonds. The van der Waals surface area contributed by atoms with Crippen LogP contribution in [0.4, 0.5) is 0 Å². The van der Waals surface area contributed by atoms with E-state index in [1.165, 1.54) is 13.0 Å². The van der Waals surface area contributed by atoms with Crippen molar-refractivity contribution in [1.29, 1.82) is 0 Å². The number of Topliss-reactive ketones (excluding diaryl/α,β-unsaturated/α-hetero) is 2. The molecule has 0 bridgehead atoms. The number of primary amides is 1. The number of phenolic OH excluding ortho intramolecular Hbond substituents is 1. The van der Waals surface area contributed by atoms with Crippen molar-refractivity contribution in [1.82, 2.24) is 9.80 Å². The highest BCUT2D eigenvalue weighted by molar-refractivity contribution is 6.24. The number of nitrogens with two attached hydrogens (primary N) is 1. The lowest BCUT2D eigenvalue weighted by Crippen LogP contribution is -2.68. The summed E-state index contributed by atoms with van der Waals surface area (Å²) in [6.45, 7) is 2.58. The van der Waals surface area contributed by atoms with Gasteiger partial charge in [0.05, 0.1) is 11.6 Å². The van der Waals surface area contributed by atoms with Gasteiger partial charge in [0.25, 0.3) is 5.91 Å². The number of benzene rings is 1. The molecule has 1 aliphatic heterocycles. The number of rotatable bonds is 3. The molecule has 1 aromatic carbocycles. The second-order valence-electron chi connectivity index (χ2n) is 11.7. The molecule has 4 aliphatic carbocycles. The Bertz CT molecular complexity index is 1420. The van der Waals surface area contributed by atoms with Crippen LogP contribution in [-0.2, 0) is 25.6 Å². The van der Waals surface area contributed by atoms with Crippen molar-refractivity contribution < 1.29 is 39.6 Å². The van der Waals surface area contributed by atoms with Gasteiger partial charge in [0.2, 0.25) is 11.7 Å². The van der Waals surface area contributed by atoms with Crippen molar-refractivity contribution in [3.8, 4) is 5.75 Å². The normalized spacial score (nSPS) is 30.9. The summed E-state index contributed by atoms with van der Waals surface area (Å²) < 4.78 is 0. The fraction of sp³-hybridized carbons (Fsp3) is 0.517. The minimum absolute atomic E-state index is 0.0558. The van der Waals surface area contributed by atoms with Crippen LogP contribution in [0.2, 0.25) is 0 Å². The van der Waals surface area contributed by atoms with E-state index in [0.717, 1.165) is 30.4 Å². The molecule has 6 N–H and O–H groups in total. The van der Waals surface area contributed by atoms with Crippen molar-refractivity contribution in [2.75, 3.05) is 26.2 Å². The van der Waals surface area contributed by atoms with Crippen LogP contribution >= 0.6 is 0 Å². The lowest BCUT2D eigenvalue weighted by atomic mass is 9.57.